The molecule has 6 aromatic carbocycles. The van der Waals surface area contributed by atoms with E-state index in [1.165, 1.54) is 9.13 Å². The molecule has 0 radical (unpaired) electrons. The summed E-state index contributed by atoms with van der Waals surface area (Å²) in [7, 11) is 0. The van der Waals surface area contributed by atoms with Crippen LogP contribution in [0.5, 0.6) is 0 Å². The van der Waals surface area contributed by atoms with Gasteiger partial charge in [-0.2, -0.15) is 0 Å². The first-order valence-electron chi connectivity index (χ1n) is 19.0. The minimum atomic E-state index is -0.439. The first kappa shape index (κ1) is 16.7. The molecule has 8 aromatic rings. The molecule has 0 aliphatic heterocycles. The number of fused-ring (bicyclic) bond motifs is 2. The molecule has 0 atom stereocenters. The number of rotatable bonds is 5. The second-order valence-corrected chi connectivity index (χ2v) is 10.3. The minimum Gasteiger partial charge on any atom is -0.316 e. The zero-order chi connectivity index (χ0) is 37.5. The molecule has 43 heavy (non-hydrogen) atoms. The van der Waals surface area contributed by atoms with Crippen LogP contribution in [0.1, 0.15) is 19.3 Å². The highest BCUT2D eigenvalue weighted by atomic mass is 15.0. The third-order valence-electron chi connectivity index (χ3n) is 7.80. The molecule has 0 spiro atoms. The highest BCUT2D eigenvalue weighted by molar-refractivity contribution is 5.99. The predicted molar refractivity (Wildman–Crippen MR) is 181 cm³/mol. The second-order valence-electron chi connectivity index (χ2n) is 10.3. The van der Waals surface area contributed by atoms with E-state index < -0.39 is 24.2 Å². The molecular weight excluding hydrogens is 520 g/mol. The summed E-state index contributed by atoms with van der Waals surface area (Å²) in [6.07, 6.45) is -0.124. The van der Waals surface area contributed by atoms with Crippen LogP contribution in [0.3, 0.4) is 0 Å². The van der Waals surface area contributed by atoms with Crippen LogP contribution in [-0.2, 0) is 0 Å². The summed E-state index contributed by atoms with van der Waals surface area (Å²) in [6, 6.07) is 28.4. The fourth-order valence-corrected chi connectivity index (χ4v) is 5.69. The van der Waals surface area contributed by atoms with Crippen molar-refractivity contribution >= 4 is 21.8 Å². The van der Waals surface area contributed by atoms with Crippen LogP contribution in [-0.4, -0.2) is 9.13 Å². The molecule has 2 heterocycles. The van der Waals surface area contributed by atoms with Crippen molar-refractivity contribution in [1.82, 2.24) is 9.13 Å². The monoisotopic (exact) mass is 560 g/mol. The Morgan fingerprint density at radius 3 is 1.30 bits per heavy atom. The van der Waals surface area contributed by atoms with Crippen molar-refractivity contribution < 1.29 is 13.7 Å². The van der Waals surface area contributed by atoms with Gasteiger partial charge in [0.25, 0.3) is 0 Å². The minimum absolute atomic E-state index is 0.0622. The van der Waals surface area contributed by atoms with Crippen molar-refractivity contribution in [3.05, 3.63) is 169 Å². The number of hydrogen-bond acceptors (Lipinski definition) is 0. The third kappa shape index (κ3) is 4.27. The molecule has 0 saturated carbocycles. The summed E-state index contributed by atoms with van der Waals surface area (Å²) < 4.78 is 92.9. The van der Waals surface area contributed by atoms with Gasteiger partial charge in [-0.05, 0) is 59.0 Å². The lowest BCUT2D eigenvalue weighted by Crippen LogP contribution is -2.03. The van der Waals surface area contributed by atoms with E-state index in [1.54, 1.807) is 31.2 Å². The fourth-order valence-electron chi connectivity index (χ4n) is 5.69. The molecule has 2 aromatic heterocycles. The summed E-state index contributed by atoms with van der Waals surface area (Å²) in [5.74, 6) is 0. The van der Waals surface area contributed by atoms with E-state index in [2.05, 4.69) is 0 Å². The van der Waals surface area contributed by atoms with E-state index in [-0.39, 0.29) is 58.3 Å². The maximum Gasteiger partial charge on any atom is 0.0829 e. The summed E-state index contributed by atoms with van der Waals surface area (Å²) in [4.78, 5) is 0. The average Bonchev–Trinajstić information content (AvgIpc) is 3.66. The maximum absolute atomic E-state index is 9.66. The quantitative estimate of drug-likeness (QED) is 0.198. The van der Waals surface area contributed by atoms with Crippen LogP contribution in [0.15, 0.2) is 164 Å². The molecule has 2 heteroatoms. The Morgan fingerprint density at radius 2 is 0.860 bits per heavy atom. The summed E-state index contributed by atoms with van der Waals surface area (Å²) in [5.41, 5.74) is 4.92. The SMILES string of the molecule is [2H]c1c([2H])c([2H])c2c(c1[2H])c(-c1ccccc1)c([2H])n2-c1cc(-c2ccccc2)cc(-n2c([2H])c(-c3ccccc3)c3c([2H])c([2H])c([2H])c([2H])c32)c1C. The summed E-state index contributed by atoms with van der Waals surface area (Å²) in [6.45, 7) is 1.79. The van der Waals surface area contributed by atoms with Gasteiger partial charge in [0.15, 0.2) is 0 Å². The van der Waals surface area contributed by atoms with Crippen molar-refractivity contribution in [1.29, 1.82) is 0 Å². The van der Waals surface area contributed by atoms with Crippen LogP contribution >= 0.6 is 0 Å². The zero-order valence-electron chi connectivity index (χ0n) is 33.2. The first-order chi connectivity index (χ1) is 25.4. The Kier molecular flexibility index (Phi) is 4.03. The largest absolute Gasteiger partial charge is 0.316 e. The van der Waals surface area contributed by atoms with Crippen molar-refractivity contribution in [2.75, 3.05) is 0 Å². The van der Waals surface area contributed by atoms with E-state index in [9.17, 15) is 2.74 Å². The lowest BCUT2D eigenvalue weighted by Gasteiger charge is -2.18. The van der Waals surface area contributed by atoms with Gasteiger partial charge in [-0.1, -0.05) is 127 Å². The number of benzene rings is 6. The topological polar surface area (TPSA) is 9.86 Å². The molecule has 0 aliphatic rings. The molecular formula is C41H30N2. The van der Waals surface area contributed by atoms with Gasteiger partial charge < -0.3 is 9.13 Å². The van der Waals surface area contributed by atoms with E-state index >= 15 is 0 Å². The molecule has 0 saturated heterocycles. The normalized spacial score (nSPS) is 14.6. The molecule has 8 rings (SSSR count). The molecule has 204 valence electrons. The van der Waals surface area contributed by atoms with Gasteiger partial charge in [0.1, 0.15) is 0 Å². The second kappa shape index (κ2) is 10.3. The van der Waals surface area contributed by atoms with Gasteiger partial charge in [0.2, 0.25) is 0 Å². The number of aromatic nitrogens is 2. The zero-order valence-corrected chi connectivity index (χ0v) is 23.2. The van der Waals surface area contributed by atoms with Crippen LogP contribution < -0.4 is 0 Å². The van der Waals surface area contributed by atoms with Gasteiger partial charge in [-0.25, -0.2) is 0 Å². The lowest BCUT2D eigenvalue weighted by molar-refractivity contribution is 1.05. The van der Waals surface area contributed by atoms with Gasteiger partial charge in [-0.15, -0.1) is 0 Å². The molecule has 0 aliphatic carbocycles. The van der Waals surface area contributed by atoms with Crippen LogP contribution in [0.25, 0.3) is 66.6 Å². The number of nitrogens with zero attached hydrogens (tertiary/aromatic N) is 2. The Bertz CT molecular complexity index is 2600. The summed E-state index contributed by atoms with van der Waals surface area (Å²) >= 11 is 0. The Hall–Kier alpha value is -5.60. The fraction of sp³-hybridized carbons (Fsp3) is 0.0244. The smallest absolute Gasteiger partial charge is 0.0829 e. The van der Waals surface area contributed by atoms with Crippen LogP contribution in [0.4, 0.5) is 0 Å². The van der Waals surface area contributed by atoms with Gasteiger partial charge in [-0.3, -0.25) is 0 Å². The molecule has 0 N–H and O–H groups in total. The van der Waals surface area contributed by atoms with Crippen molar-refractivity contribution in [3.63, 3.8) is 0 Å². The standard InChI is InChI=1S/C41H30N2/c1-29-40(42-27-36(31-17-7-3-8-18-31)34-21-11-13-23-38(34)42)25-33(30-15-5-2-6-16-30)26-41(29)43-28-37(32-19-9-4-10-20-32)35-22-12-14-24-39(35)43/h2-28H,1H3/i11D,12D,13D,14D,21D,22D,23D,24D,27D,28D. The van der Waals surface area contributed by atoms with Crippen molar-refractivity contribution in [3.8, 4) is 44.8 Å². The highest BCUT2D eigenvalue weighted by Gasteiger charge is 2.19. The van der Waals surface area contributed by atoms with Crippen LogP contribution in [0, 0.1) is 6.92 Å². The van der Waals surface area contributed by atoms with Gasteiger partial charge in [0, 0.05) is 34.2 Å². The van der Waals surface area contributed by atoms with E-state index in [0.717, 1.165) is 5.56 Å². The average molecular weight is 561 g/mol. The molecule has 0 amide bonds. The highest BCUT2D eigenvalue weighted by Crippen LogP contribution is 2.39. The lowest BCUT2D eigenvalue weighted by atomic mass is 10.0. The molecule has 0 bridgehead atoms. The Labute approximate surface area is 265 Å². The van der Waals surface area contributed by atoms with Crippen molar-refractivity contribution in [2.45, 2.75) is 6.92 Å². The van der Waals surface area contributed by atoms with E-state index in [0.29, 0.717) is 44.8 Å². The van der Waals surface area contributed by atoms with Crippen LogP contribution in [0.2, 0.25) is 0 Å². The number of para-hydroxylation sites is 2. The van der Waals surface area contributed by atoms with E-state index in [4.69, 9.17) is 11.0 Å². The number of hydrogen-bond donors (Lipinski definition) is 0. The Morgan fingerprint density at radius 1 is 0.465 bits per heavy atom. The van der Waals surface area contributed by atoms with Gasteiger partial charge in [0.05, 0.1) is 36.1 Å². The molecule has 0 fully saturated rings. The molecule has 0 unspecified atom stereocenters. The summed E-state index contributed by atoms with van der Waals surface area (Å²) in [5, 5.41) is 0.401. The molecule has 2 nitrogen and oxygen atoms in total. The van der Waals surface area contributed by atoms with Gasteiger partial charge >= 0.3 is 0 Å². The third-order valence-corrected chi connectivity index (χ3v) is 7.80. The van der Waals surface area contributed by atoms with E-state index in [1.807, 2.05) is 78.9 Å². The van der Waals surface area contributed by atoms with Crippen molar-refractivity contribution in [2.24, 2.45) is 0 Å². The predicted octanol–water partition coefficient (Wildman–Crippen LogP) is 10.9. The maximum atomic E-state index is 9.66. The Balaban J connectivity index is 1.58. The first-order valence-corrected chi connectivity index (χ1v) is 14.0.